The Kier molecular flexibility index (Phi) is 8.59. The number of aromatic nitrogens is 1. The molecule has 206 valence electrons. The number of ether oxygens (including phenoxy) is 2. The summed E-state index contributed by atoms with van der Waals surface area (Å²) >= 11 is 0. The summed E-state index contributed by atoms with van der Waals surface area (Å²) in [4.78, 5) is 30.5. The van der Waals surface area contributed by atoms with Crippen molar-refractivity contribution >= 4 is 12.0 Å². The van der Waals surface area contributed by atoms with Crippen molar-refractivity contribution in [3.8, 4) is 0 Å². The third-order valence-corrected chi connectivity index (χ3v) is 7.88. The topological polar surface area (TPSA) is 113 Å². The van der Waals surface area contributed by atoms with E-state index >= 15 is 0 Å². The van der Waals surface area contributed by atoms with Gasteiger partial charge >= 0.3 is 12.3 Å². The van der Waals surface area contributed by atoms with E-state index in [1.54, 1.807) is 12.0 Å². The highest BCUT2D eigenvalue weighted by molar-refractivity contribution is 5.83. The van der Waals surface area contributed by atoms with Crippen molar-refractivity contribution in [1.82, 2.24) is 20.5 Å². The third kappa shape index (κ3) is 6.53. The number of nitrogens with one attached hydrogen (secondary N) is 2. The van der Waals surface area contributed by atoms with E-state index in [1.165, 1.54) is 0 Å². The lowest BCUT2D eigenvalue weighted by atomic mass is 9.79. The first-order valence-corrected chi connectivity index (χ1v) is 12.8. The molecule has 1 saturated carbocycles. The molecule has 37 heavy (non-hydrogen) atoms. The summed E-state index contributed by atoms with van der Waals surface area (Å²) in [5, 5.41) is 14.9. The van der Waals surface area contributed by atoms with Crippen molar-refractivity contribution in [3.05, 3.63) is 29.1 Å². The second-order valence-electron chi connectivity index (χ2n) is 10.3. The van der Waals surface area contributed by atoms with Crippen LogP contribution in [0.3, 0.4) is 0 Å². The first kappa shape index (κ1) is 27.6. The maximum atomic E-state index is 14.0. The van der Waals surface area contributed by atoms with Crippen molar-refractivity contribution < 1.29 is 37.3 Å². The van der Waals surface area contributed by atoms with Gasteiger partial charge in [0.05, 0.1) is 23.7 Å². The number of rotatable bonds is 8. The molecule has 2 aliphatic heterocycles. The average Bonchev–Trinajstić information content (AvgIpc) is 3.29. The maximum Gasteiger partial charge on any atom is 0.417 e. The fourth-order valence-corrected chi connectivity index (χ4v) is 5.95. The molecule has 0 bridgehead atoms. The maximum absolute atomic E-state index is 14.0. The summed E-state index contributed by atoms with van der Waals surface area (Å²) in [5.74, 6) is -0.0783. The van der Waals surface area contributed by atoms with Gasteiger partial charge in [0, 0.05) is 63.7 Å². The minimum absolute atomic E-state index is 0.0758. The Balaban J connectivity index is 1.49. The first-order chi connectivity index (χ1) is 17.6. The number of methoxy groups -OCH3 is 1. The van der Waals surface area contributed by atoms with Crippen molar-refractivity contribution in [1.29, 1.82) is 0 Å². The van der Waals surface area contributed by atoms with Gasteiger partial charge in [0.15, 0.2) is 0 Å². The Morgan fingerprint density at radius 3 is 2.89 bits per heavy atom. The van der Waals surface area contributed by atoms with E-state index in [-0.39, 0.29) is 37.2 Å². The van der Waals surface area contributed by atoms with Gasteiger partial charge in [-0.15, -0.1) is 0 Å². The van der Waals surface area contributed by atoms with Crippen LogP contribution in [0, 0.1) is 5.41 Å². The molecular formula is C25H35F3N4O5. The van der Waals surface area contributed by atoms with Gasteiger partial charge in [0.25, 0.3) is 0 Å². The smallest absolute Gasteiger partial charge is 0.417 e. The zero-order valence-electron chi connectivity index (χ0n) is 21.0. The summed E-state index contributed by atoms with van der Waals surface area (Å²) < 4.78 is 50.8. The summed E-state index contributed by atoms with van der Waals surface area (Å²) in [6, 6.07) is 1.28. The summed E-state index contributed by atoms with van der Waals surface area (Å²) in [6.07, 6.45) is -0.668. The van der Waals surface area contributed by atoms with Gasteiger partial charge in [-0.05, 0) is 50.2 Å². The van der Waals surface area contributed by atoms with E-state index in [1.807, 2.05) is 0 Å². The van der Waals surface area contributed by atoms with Gasteiger partial charge < -0.3 is 30.1 Å². The number of pyridine rings is 1. The predicted molar refractivity (Wildman–Crippen MR) is 127 cm³/mol. The highest BCUT2D eigenvalue weighted by Crippen LogP contribution is 2.45. The second-order valence-corrected chi connectivity index (χ2v) is 10.3. The largest absolute Gasteiger partial charge is 0.465 e. The zero-order chi connectivity index (χ0) is 26.6. The number of carbonyl (C=O) groups is 2. The lowest BCUT2D eigenvalue weighted by Gasteiger charge is -2.38. The van der Waals surface area contributed by atoms with Crippen LogP contribution in [-0.4, -0.2) is 78.6 Å². The first-order valence-electron chi connectivity index (χ1n) is 12.8. The third-order valence-electron chi connectivity index (χ3n) is 7.88. The van der Waals surface area contributed by atoms with E-state index in [4.69, 9.17) is 14.6 Å². The van der Waals surface area contributed by atoms with Crippen molar-refractivity contribution in [3.63, 3.8) is 0 Å². The van der Waals surface area contributed by atoms with Crippen LogP contribution in [-0.2, 0) is 33.4 Å². The molecule has 4 rings (SSSR count). The Labute approximate surface area is 214 Å². The normalized spacial score (nSPS) is 28.1. The molecule has 1 saturated heterocycles. The van der Waals surface area contributed by atoms with E-state index < -0.39 is 23.2 Å². The number of nitrogens with zero attached hydrogens (tertiary/aromatic N) is 2. The Morgan fingerprint density at radius 2 is 2.16 bits per heavy atom. The minimum Gasteiger partial charge on any atom is -0.465 e. The van der Waals surface area contributed by atoms with Crippen molar-refractivity contribution in [2.75, 3.05) is 33.4 Å². The van der Waals surface area contributed by atoms with E-state index in [2.05, 4.69) is 15.6 Å². The zero-order valence-corrected chi connectivity index (χ0v) is 21.0. The summed E-state index contributed by atoms with van der Waals surface area (Å²) in [6.45, 7) is 1.85. The Morgan fingerprint density at radius 1 is 1.35 bits per heavy atom. The molecule has 0 unspecified atom stereocenters. The lowest BCUT2D eigenvalue weighted by molar-refractivity contribution is -0.143. The number of hydrogen-bond acceptors (Lipinski definition) is 6. The van der Waals surface area contributed by atoms with Crippen LogP contribution in [0.1, 0.15) is 55.3 Å². The molecule has 3 N–H and O–H groups in total. The number of halogens is 3. The number of amides is 2. The number of hydrogen-bond donors (Lipinski definition) is 3. The molecule has 1 aromatic heterocycles. The van der Waals surface area contributed by atoms with E-state index in [9.17, 15) is 22.8 Å². The lowest BCUT2D eigenvalue weighted by Crippen LogP contribution is -2.51. The van der Waals surface area contributed by atoms with Gasteiger partial charge in [0.2, 0.25) is 5.91 Å². The molecule has 3 heterocycles. The molecule has 1 aromatic rings. The monoisotopic (exact) mass is 528 g/mol. The number of carbonyl (C=O) groups excluding carboxylic acids is 1. The van der Waals surface area contributed by atoms with Gasteiger partial charge in [-0.3, -0.25) is 9.78 Å². The Hall–Kier alpha value is -2.44. The van der Waals surface area contributed by atoms with Gasteiger partial charge in [-0.1, -0.05) is 0 Å². The SMILES string of the molecule is CO[C@@H]1COCC[C@@H]1N[C@@H]1CC[C@](CCCNC(=O)O)(C(=O)N2CCc3ncc(C(F)(F)F)cc3C2)C1. The molecule has 2 fully saturated rings. The van der Waals surface area contributed by atoms with Crippen molar-refractivity contribution in [2.45, 2.75) is 75.9 Å². The Bertz CT molecular complexity index is 978. The fraction of sp³-hybridized carbons (Fsp3) is 0.720. The predicted octanol–water partition coefficient (Wildman–Crippen LogP) is 2.97. The number of alkyl halides is 3. The molecule has 2 amide bonds. The van der Waals surface area contributed by atoms with Crippen LogP contribution in [0.5, 0.6) is 0 Å². The standard InChI is InChI=1S/C25H35F3N4O5/c1-36-21-15-37-10-5-20(21)31-18-3-7-24(12-18,6-2-8-29-23(34)35)22(33)32-9-4-19-16(14-32)11-17(13-30-19)25(26,27)28/h11,13,18,20-21,29,31H,2-10,12,14-15H2,1H3,(H,34,35)/t18-,20+,21-,24+/m1/s1. The van der Waals surface area contributed by atoms with Crippen LogP contribution < -0.4 is 10.6 Å². The van der Waals surface area contributed by atoms with Crippen LogP contribution in [0.2, 0.25) is 0 Å². The molecule has 12 heteroatoms. The quantitative estimate of drug-likeness (QED) is 0.445. The van der Waals surface area contributed by atoms with Crippen LogP contribution in [0.25, 0.3) is 0 Å². The highest BCUT2D eigenvalue weighted by atomic mass is 19.4. The second kappa shape index (κ2) is 11.5. The van der Waals surface area contributed by atoms with Gasteiger partial charge in [0.1, 0.15) is 0 Å². The van der Waals surface area contributed by atoms with Gasteiger partial charge in [-0.2, -0.15) is 13.2 Å². The van der Waals surface area contributed by atoms with E-state index in [0.29, 0.717) is 63.1 Å². The van der Waals surface area contributed by atoms with Crippen LogP contribution in [0.4, 0.5) is 18.0 Å². The minimum atomic E-state index is -4.50. The highest BCUT2D eigenvalue weighted by Gasteiger charge is 2.48. The van der Waals surface area contributed by atoms with Crippen LogP contribution >= 0.6 is 0 Å². The molecule has 1 aliphatic carbocycles. The average molecular weight is 529 g/mol. The fourth-order valence-electron chi connectivity index (χ4n) is 5.95. The van der Waals surface area contributed by atoms with E-state index in [0.717, 1.165) is 25.1 Å². The molecule has 0 aromatic carbocycles. The molecule has 4 atom stereocenters. The van der Waals surface area contributed by atoms with Crippen LogP contribution in [0.15, 0.2) is 12.3 Å². The summed E-state index contributed by atoms with van der Waals surface area (Å²) in [7, 11) is 1.65. The number of carboxylic acid groups (broad SMARTS) is 1. The summed E-state index contributed by atoms with van der Waals surface area (Å²) in [5.41, 5.74) is -0.509. The molecule has 0 radical (unpaired) electrons. The molecule has 3 aliphatic rings. The van der Waals surface area contributed by atoms with Gasteiger partial charge in [-0.25, -0.2) is 4.79 Å². The molecule has 0 spiro atoms. The van der Waals surface area contributed by atoms with Crippen molar-refractivity contribution in [2.24, 2.45) is 5.41 Å². The molecular weight excluding hydrogens is 493 g/mol. The number of fused-ring (bicyclic) bond motifs is 1. The molecule has 9 nitrogen and oxygen atoms in total.